The molecule has 0 aliphatic heterocycles. The van der Waals surface area contributed by atoms with Crippen LogP contribution >= 0.6 is 0 Å². The molecule has 1 aromatic carbocycles. The Kier molecular flexibility index (Phi) is 4.81. The van der Waals surface area contributed by atoms with Gasteiger partial charge in [0.15, 0.2) is 0 Å². The maximum atomic E-state index is 12.6. The van der Waals surface area contributed by atoms with Crippen LogP contribution in [0.25, 0.3) is 0 Å². The summed E-state index contributed by atoms with van der Waals surface area (Å²) in [6, 6.07) is 7.79. The zero-order valence-electron chi connectivity index (χ0n) is 13.6. The van der Waals surface area contributed by atoms with Crippen LogP contribution in [0, 0.1) is 0 Å². The second-order valence-electron chi connectivity index (χ2n) is 6.04. The van der Waals surface area contributed by atoms with Gasteiger partial charge in [-0.15, -0.1) is 0 Å². The van der Waals surface area contributed by atoms with Crippen LogP contribution in [0.1, 0.15) is 61.0 Å². The Balaban J connectivity index is 2.44. The Morgan fingerprint density at radius 2 is 1.68 bits per heavy atom. The molecule has 1 aromatic heterocycles. The van der Waals surface area contributed by atoms with E-state index in [0.717, 1.165) is 16.8 Å². The number of pyridine rings is 1. The van der Waals surface area contributed by atoms with Crippen molar-refractivity contribution >= 4 is 17.3 Å². The van der Waals surface area contributed by atoms with Crippen LogP contribution < -0.4 is 11.1 Å². The summed E-state index contributed by atoms with van der Waals surface area (Å²) in [5.41, 5.74) is 9.84. The fraction of sp³-hybridized carbons (Fsp3) is 0.333. The molecule has 1 heterocycles. The number of rotatable bonds is 4. The fourth-order valence-corrected chi connectivity index (χ4v) is 2.49. The monoisotopic (exact) mass is 297 g/mol. The lowest BCUT2D eigenvalue weighted by atomic mass is 9.92. The van der Waals surface area contributed by atoms with Gasteiger partial charge < -0.3 is 11.1 Å². The van der Waals surface area contributed by atoms with E-state index in [1.54, 1.807) is 12.3 Å². The summed E-state index contributed by atoms with van der Waals surface area (Å²) in [6.45, 7) is 8.48. The summed E-state index contributed by atoms with van der Waals surface area (Å²) >= 11 is 0. The Hall–Kier alpha value is -2.36. The molecule has 22 heavy (non-hydrogen) atoms. The number of anilines is 2. The van der Waals surface area contributed by atoms with E-state index in [1.165, 1.54) is 6.20 Å². The second kappa shape index (κ2) is 6.60. The highest BCUT2D eigenvalue weighted by Gasteiger charge is 2.17. The lowest BCUT2D eigenvalue weighted by molar-refractivity contribution is 0.102. The molecule has 0 fully saturated rings. The third kappa shape index (κ3) is 3.27. The van der Waals surface area contributed by atoms with Gasteiger partial charge in [0.05, 0.1) is 17.4 Å². The Bertz CT molecular complexity index is 652. The molecular weight excluding hydrogens is 274 g/mol. The summed E-state index contributed by atoms with van der Waals surface area (Å²) in [5, 5.41) is 3.05. The summed E-state index contributed by atoms with van der Waals surface area (Å²) in [7, 11) is 0. The third-order valence-corrected chi connectivity index (χ3v) is 3.71. The van der Waals surface area contributed by atoms with E-state index in [9.17, 15) is 4.79 Å². The number of nitrogens with zero attached hydrogens (tertiary/aromatic N) is 1. The number of aromatic nitrogens is 1. The number of carbonyl (C=O) groups is 1. The molecule has 4 nitrogen and oxygen atoms in total. The average molecular weight is 297 g/mol. The van der Waals surface area contributed by atoms with Crippen molar-refractivity contribution in [3.05, 3.63) is 53.3 Å². The summed E-state index contributed by atoms with van der Waals surface area (Å²) in [4.78, 5) is 16.5. The highest BCUT2D eigenvalue weighted by molar-refractivity contribution is 6.08. The maximum absolute atomic E-state index is 12.6. The van der Waals surface area contributed by atoms with Gasteiger partial charge in [0, 0.05) is 11.9 Å². The molecule has 0 bridgehead atoms. The van der Waals surface area contributed by atoms with Crippen LogP contribution in [0.15, 0.2) is 36.7 Å². The number of hydrogen-bond acceptors (Lipinski definition) is 3. The van der Waals surface area contributed by atoms with Crippen molar-refractivity contribution in [2.45, 2.75) is 39.5 Å². The number of benzene rings is 1. The van der Waals surface area contributed by atoms with Crippen molar-refractivity contribution in [2.24, 2.45) is 0 Å². The van der Waals surface area contributed by atoms with Gasteiger partial charge >= 0.3 is 0 Å². The van der Waals surface area contributed by atoms with Gasteiger partial charge in [-0.3, -0.25) is 9.78 Å². The van der Waals surface area contributed by atoms with E-state index in [1.807, 2.05) is 6.07 Å². The van der Waals surface area contributed by atoms with E-state index in [4.69, 9.17) is 5.73 Å². The van der Waals surface area contributed by atoms with Crippen molar-refractivity contribution in [3.63, 3.8) is 0 Å². The van der Waals surface area contributed by atoms with E-state index in [2.05, 4.69) is 50.1 Å². The zero-order chi connectivity index (χ0) is 16.3. The van der Waals surface area contributed by atoms with Crippen molar-refractivity contribution < 1.29 is 4.79 Å². The number of nitrogens with two attached hydrogens (primary N) is 1. The van der Waals surface area contributed by atoms with E-state index >= 15 is 0 Å². The number of hydrogen-bond donors (Lipinski definition) is 2. The molecule has 0 radical (unpaired) electrons. The Morgan fingerprint density at radius 3 is 2.18 bits per heavy atom. The average Bonchev–Trinajstić information content (AvgIpc) is 2.47. The first kappa shape index (κ1) is 16.0. The first-order valence-corrected chi connectivity index (χ1v) is 7.55. The second-order valence-corrected chi connectivity index (χ2v) is 6.04. The first-order chi connectivity index (χ1) is 10.4. The van der Waals surface area contributed by atoms with Crippen LogP contribution in [0.3, 0.4) is 0 Å². The van der Waals surface area contributed by atoms with Crippen LogP contribution in [0.4, 0.5) is 11.4 Å². The zero-order valence-corrected chi connectivity index (χ0v) is 13.6. The van der Waals surface area contributed by atoms with E-state index in [-0.39, 0.29) is 5.91 Å². The third-order valence-electron chi connectivity index (χ3n) is 3.71. The highest BCUT2D eigenvalue weighted by Crippen LogP contribution is 2.32. The van der Waals surface area contributed by atoms with Crippen molar-refractivity contribution in [1.29, 1.82) is 0 Å². The van der Waals surface area contributed by atoms with Crippen LogP contribution in [-0.4, -0.2) is 10.9 Å². The van der Waals surface area contributed by atoms with Crippen molar-refractivity contribution in [1.82, 2.24) is 4.98 Å². The molecular formula is C18H23N3O. The fourth-order valence-electron chi connectivity index (χ4n) is 2.49. The molecule has 4 heteroatoms. The van der Waals surface area contributed by atoms with Gasteiger partial charge in [-0.05, 0) is 29.0 Å². The highest BCUT2D eigenvalue weighted by atomic mass is 16.1. The van der Waals surface area contributed by atoms with Gasteiger partial charge in [-0.2, -0.15) is 0 Å². The smallest absolute Gasteiger partial charge is 0.257 e. The maximum Gasteiger partial charge on any atom is 0.257 e. The van der Waals surface area contributed by atoms with E-state index < -0.39 is 0 Å². The number of nitrogen functional groups attached to an aromatic ring is 1. The summed E-state index contributed by atoms with van der Waals surface area (Å²) in [6.07, 6.45) is 3.07. The lowest BCUT2D eigenvalue weighted by Crippen LogP contribution is -2.17. The van der Waals surface area contributed by atoms with Crippen molar-refractivity contribution in [3.8, 4) is 0 Å². The van der Waals surface area contributed by atoms with Crippen LogP contribution in [0.5, 0.6) is 0 Å². The molecule has 116 valence electrons. The predicted octanol–water partition coefficient (Wildman–Crippen LogP) is 4.16. The van der Waals surface area contributed by atoms with Gasteiger partial charge in [-0.1, -0.05) is 45.9 Å². The number of nitrogens with one attached hydrogen (secondary N) is 1. The van der Waals surface area contributed by atoms with Gasteiger partial charge in [0.1, 0.15) is 0 Å². The minimum Gasteiger partial charge on any atom is -0.397 e. The number of para-hydroxylation sites is 1. The lowest BCUT2D eigenvalue weighted by Gasteiger charge is -2.20. The molecule has 0 atom stereocenters. The molecule has 0 spiro atoms. The van der Waals surface area contributed by atoms with Gasteiger partial charge in [0.2, 0.25) is 0 Å². The number of carbonyl (C=O) groups excluding carboxylic acids is 1. The molecule has 3 N–H and O–H groups in total. The van der Waals surface area contributed by atoms with Gasteiger partial charge in [-0.25, -0.2) is 0 Å². The Morgan fingerprint density at radius 1 is 1.09 bits per heavy atom. The molecule has 0 saturated carbocycles. The molecule has 2 aromatic rings. The van der Waals surface area contributed by atoms with E-state index in [0.29, 0.717) is 23.1 Å². The normalized spacial score (nSPS) is 11.0. The molecule has 2 rings (SSSR count). The Labute approximate surface area is 131 Å². The first-order valence-electron chi connectivity index (χ1n) is 7.55. The topological polar surface area (TPSA) is 68.0 Å². The molecule has 0 aliphatic rings. The molecule has 1 amide bonds. The number of amides is 1. The van der Waals surface area contributed by atoms with Crippen LogP contribution in [-0.2, 0) is 0 Å². The standard InChI is InChI=1S/C18H23N3O/c1-11(2)13-6-5-7-14(12(3)4)17(13)21-18(22)15-8-9-20-10-16(15)19/h5-12H,19H2,1-4H3,(H,21,22). The minimum absolute atomic E-state index is 0.199. The van der Waals surface area contributed by atoms with Gasteiger partial charge in [0.25, 0.3) is 5.91 Å². The molecule has 0 aliphatic carbocycles. The molecule has 0 unspecified atom stereocenters. The van der Waals surface area contributed by atoms with Crippen LogP contribution in [0.2, 0.25) is 0 Å². The van der Waals surface area contributed by atoms with Crippen molar-refractivity contribution in [2.75, 3.05) is 11.1 Å². The predicted molar refractivity (Wildman–Crippen MR) is 91.2 cm³/mol. The summed E-state index contributed by atoms with van der Waals surface area (Å²) in [5.74, 6) is 0.447. The summed E-state index contributed by atoms with van der Waals surface area (Å²) < 4.78 is 0. The minimum atomic E-state index is -0.199. The largest absolute Gasteiger partial charge is 0.397 e. The molecule has 0 saturated heterocycles. The quantitative estimate of drug-likeness (QED) is 0.890. The SMILES string of the molecule is CC(C)c1cccc(C(C)C)c1NC(=O)c1ccncc1N.